The second-order valence-corrected chi connectivity index (χ2v) is 7.85. The van der Waals surface area contributed by atoms with E-state index in [1.54, 1.807) is 26.0 Å². The number of nitrogens with zero attached hydrogens (tertiary/aromatic N) is 3. The van der Waals surface area contributed by atoms with Crippen LogP contribution in [0.2, 0.25) is 0 Å². The van der Waals surface area contributed by atoms with E-state index in [-0.39, 0.29) is 17.7 Å². The lowest BCUT2D eigenvalue weighted by atomic mass is 9.94. The fourth-order valence-electron chi connectivity index (χ4n) is 3.98. The van der Waals surface area contributed by atoms with Crippen LogP contribution in [0.4, 0.5) is 14.9 Å². The van der Waals surface area contributed by atoms with E-state index in [2.05, 4.69) is 15.5 Å². The minimum Gasteiger partial charge on any atom is -0.334 e. The Kier molecular flexibility index (Phi) is 5.22. The summed E-state index contributed by atoms with van der Waals surface area (Å²) in [5.74, 6) is 0.351. The number of carbonyl (C=O) groups excluding carboxylic acids is 1. The summed E-state index contributed by atoms with van der Waals surface area (Å²) in [6, 6.07) is 22.9. The van der Waals surface area contributed by atoms with Crippen molar-refractivity contribution in [2.75, 3.05) is 4.90 Å². The molecule has 0 radical (unpaired) electrons. The maximum atomic E-state index is 14.3. The molecular weight excluding hydrogens is 419 g/mol. The van der Waals surface area contributed by atoms with Gasteiger partial charge in [-0.2, -0.15) is 4.98 Å². The first-order chi connectivity index (χ1) is 16.0. The number of hydrogen-bond donors (Lipinski definition) is 1. The molecule has 1 aliphatic heterocycles. The van der Waals surface area contributed by atoms with Gasteiger partial charge in [0.05, 0.1) is 17.3 Å². The van der Waals surface area contributed by atoms with Gasteiger partial charge in [-0.1, -0.05) is 71.9 Å². The van der Waals surface area contributed by atoms with Gasteiger partial charge in [-0.25, -0.2) is 9.18 Å². The van der Waals surface area contributed by atoms with E-state index in [1.807, 2.05) is 60.7 Å². The van der Waals surface area contributed by atoms with E-state index in [4.69, 9.17) is 4.52 Å². The Balaban J connectivity index is 1.66. The zero-order valence-electron chi connectivity index (χ0n) is 18.1. The highest BCUT2D eigenvalue weighted by Gasteiger charge is 2.36. The summed E-state index contributed by atoms with van der Waals surface area (Å²) in [5, 5.41) is 7.18. The molecule has 0 saturated heterocycles. The van der Waals surface area contributed by atoms with E-state index in [9.17, 15) is 9.18 Å². The van der Waals surface area contributed by atoms with Crippen molar-refractivity contribution in [3.8, 4) is 11.4 Å². The zero-order valence-corrected chi connectivity index (χ0v) is 18.1. The third-order valence-corrected chi connectivity index (χ3v) is 5.72. The quantitative estimate of drug-likeness (QED) is 0.430. The molecule has 5 rings (SSSR count). The lowest BCUT2D eigenvalue weighted by molar-refractivity contribution is 0.244. The molecule has 0 saturated carbocycles. The molecule has 0 bridgehead atoms. The average molecular weight is 440 g/mol. The van der Waals surface area contributed by atoms with Gasteiger partial charge >= 0.3 is 6.03 Å². The number of nitrogens with one attached hydrogen (secondary N) is 1. The third-order valence-electron chi connectivity index (χ3n) is 5.72. The van der Waals surface area contributed by atoms with Crippen molar-refractivity contribution in [1.82, 2.24) is 15.5 Å². The largest absolute Gasteiger partial charge is 0.334 e. The fourth-order valence-corrected chi connectivity index (χ4v) is 3.98. The number of carbonyl (C=O) groups is 1. The summed E-state index contributed by atoms with van der Waals surface area (Å²) in [6.07, 6.45) is 0. The van der Waals surface area contributed by atoms with E-state index < -0.39 is 6.04 Å². The molecule has 0 spiro atoms. The molecule has 1 unspecified atom stereocenters. The molecule has 0 aliphatic carbocycles. The van der Waals surface area contributed by atoms with Crippen LogP contribution in [0.15, 0.2) is 89.1 Å². The van der Waals surface area contributed by atoms with Gasteiger partial charge in [0.2, 0.25) is 5.82 Å². The Hall–Kier alpha value is -4.26. The first kappa shape index (κ1) is 20.6. The Morgan fingerprint density at radius 2 is 1.67 bits per heavy atom. The van der Waals surface area contributed by atoms with E-state index >= 15 is 0 Å². The molecule has 164 valence electrons. The summed E-state index contributed by atoms with van der Waals surface area (Å²) in [4.78, 5) is 19.2. The van der Waals surface area contributed by atoms with E-state index in [1.165, 1.54) is 11.0 Å². The number of aryl methyl sites for hydroxylation is 1. The molecule has 2 heterocycles. The van der Waals surface area contributed by atoms with Gasteiger partial charge in [0.25, 0.3) is 5.89 Å². The van der Waals surface area contributed by atoms with Crippen molar-refractivity contribution in [1.29, 1.82) is 0 Å². The molecule has 2 amide bonds. The van der Waals surface area contributed by atoms with E-state index in [0.717, 1.165) is 11.1 Å². The molecule has 7 heteroatoms. The van der Waals surface area contributed by atoms with Gasteiger partial charge in [-0.3, -0.25) is 4.90 Å². The smallest absolute Gasteiger partial charge is 0.327 e. The van der Waals surface area contributed by atoms with Gasteiger partial charge in [0.1, 0.15) is 5.82 Å². The Morgan fingerprint density at radius 3 is 2.36 bits per heavy atom. The molecule has 1 atom stereocenters. The molecule has 0 fully saturated rings. The standard InChI is InChI=1S/C26H21FN4O2/c1-16-13-14-20(15-21(16)27)31-17(2)22(23(28-26(31)32)18-9-5-3-6-10-18)25-29-24(30-33-25)19-11-7-4-8-12-19/h3-15,23H,1-2H3,(H,28,32). The SMILES string of the molecule is CC1=C(c2nc(-c3ccccc3)no2)C(c2ccccc2)NC(=O)N1c1ccc(C)c(F)c1. The molecule has 3 aromatic carbocycles. The summed E-state index contributed by atoms with van der Waals surface area (Å²) < 4.78 is 20.0. The topological polar surface area (TPSA) is 71.3 Å². The van der Waals surface area contributed by atoms with Crippen LogP contribution in [0.3, 0.4) is 0 Å². The minimum atomic E-state index is -0.505. The molecule has 1 N–H and O–H groups in total. The first-order valence-corrected chi connectivity index (χ1v) is 10.5. The lowest BCUT2D eigenvalue weighted by Gasteiger charge is -2.35. The van der Waals surface area contributed by atoms with Crippen LogP contribution < -0.4 is 10.2 Å². The Labute approximate surface area is 190 Å². The highest BCUT2D eigenvalue weighted by atomic mass is 19.1. The predicted molar refractivity (Wildman–Crippen MR) is 124 cm³/mol. The number of amides is 2. The van der Waals surface area contributed by atoms with Gasteiger partial charge in [-0.15, -0.1) is 0 Å². The maximum absolute atomic E-state index is 14.3. The molecule has 6 nitrogen and oxygen atoms in total. The summed E-state index contributed by atoms with van der Waals surface area (Å²) in [6.45, 7) is 3.48. The van der Waals surface area contributed by atoms with E-state index in [0.29, 0.717) is 28.3 Å². The second kappa shape index (κ2) is 8.35. The summed E-state index contributed by atoms with van der Waals surface area (Å²) >= 11 is 0. The van der Waals surface area contributed by atoms with Crippen LogP contribution in [0.5, 0.6) is 0 Å². The van der Waals surface area contributed by atoms with Crippen LogP contribution >= 0.6 is 0 Å². The number of halogens is 1. The Morgan fingerprint density at radius 1 is 0.970 bits per heavy atom. The van der Waals surface area contributed by atoms with Gasteiger partial charge in [0.15, 0.2) is 0 Å². The molecule has 1 aliphatic rings. The van der Waals surface area contributed by atoms with Gasteiger partial charge < -0.3 is 9.84 Å². The minimum absolute atomic E-state index is 0.290. The molecule has 33 heavy (non-hydrogen) atoms. The van der Waals surface area contributed by atoms with Crippen molar-refractivity contribution in [3.05, 3.63) is 107 Å². The van der Waals surface area contributed by atoms with Crippen LogP contribution in [0.1, 0.15) is 30.0 Å². The number of rotatable bonds is 4. The van der Waals surface area contributed by atoms with Crippen molar-refractivity contribution >= 4 is 17.3 Å². The number of benzene rings is 3. The molecule has 4 aromatic rings. The monoisotopic (exact) mass is 440 g/mol. The summed E-state index contributed by atoms with van der Waals surface area (Å²) in [5.41, 5.74) is 3.84. The summed E-state index contributed by atoms with van der Waals surface area (Å²) in [7, 11) is 0. The van der Waals surface area contributed by atoms with Crippen molar-refractivity contribution < 1.29 is 13.7 Å². The number of anilines is 1. The van der Waals surface area contributed by atoms with Gasteiger partial charge in [-0.05, 0) is 37.1 Å². The maximum Gasteiger partial charge on any atom is 0.327 e. The van der Waals surface area contributed by atoms with Crippen LogP contribution in [-0.4, -0.2) is 16.2 Å². The van der Waals surface area contributed by atoms with Crippen LogP contribution in [-0.2, 0) is 0 Å². The highest BCUT2D eigenvalue weighted by Crippen LogP contribution is 2.39. The number of hydrogen-bond acceptors (Lipinski definition) is 4. The number of allylic oxidation sites excluding steroid dienone is 1. The fraction of sp³-hybridized carbons (Fsp3) is 0.115. The van der Waals surface area contributed by atoms with Crippen molar-refractivity contribution in [2.24, 2.45) is 0 Å². The Bertz CT molecular complexity index is 1350. The lowest BCUT2D eigenvalue weighted by Crippen LogP contribution is -2.46. The number of aromatic nitrogens is 2. The predicted octanol–water partition coefficient (Wildman–Crippen LogP) is 5.89. The first-order valence-electron chi connectivity index (χ1n) is 10.5. The highest BCUT2D eigenvalue weighted by molar-refractivity contribution is 6.01. The third kappa shape index (κ3) is 3.78. The van der Waals surface area contributed by atoms with Crippen LogP contribution in [0, 0.1) is 12.7 Å². The average Bonchev–Trinajstić information content (AvgIpc) is 3.32. The van der Waals surface area contributed by atoms with Gasteiger partial charge in [0, 0.05) is 11.3 Å². The normalized spacial score (nSPS) is 16.2. The second-order valence-electron chi connectivity index (χ2n) is 7.85. The van der Waals surface area contributed by atoms with Crippen LogP contribution in [0.25, 0.3) is 17.0 Å². The molecule has 1 aromatic heterocycles. The molecular formula is C26H21FN4O2. The zero-order chi connectivity index (χ0) is 22.9. The number of urea groups is 1. The van der Waals surface area contributed by atoms with Crippen molar-refractivity contribution in [3.63, 3.8) is 0 Å². The van der Waals surface area contributed by atoms with Crippen molar-refractivity contribution in [2.45, 2.75) is 19.9 Å².